The highest BCUT2D eigenvalue weighted by atomic mass is 32.3. The Balaban J connectivity index is 2.79. The SMILES string of the molecule is CC(C)(C)[Si](C)(C)n1ccc2c(S(=O)(=O)F)cccc21. The Morgan fingerprint density at radius 3 is 2.25 bits per heavy atom. The molecule has 110 valence electrons. The Bertz CT molecular complexity index is 757. The van der Waals surface area contributed by atoms with E-state index in [0.717, 1.165) is 5.52 Å². The number of benzene rings is 1. The standard InChI is InChI=1S/C14H20FNO2SSi/c1-14(2,3)20(4,5)16-10-9-11-12(16)7-6-8-13(11)19(15,17)18/h6-10H,1-5H3. The van der Waals surface area contributed by atoms with Gasteiger partial charge in [-0.15, -0.1) is 3.89 Å². The molecular weight excluding hydrogens is 293 g/mol. The average Bonchev–Trinajstić information content (AvgIpc) is 2.69. The molecule has 1 aromatic carbocycles. The van der Waals surface area contributed by atoms with Crippen LogP contribution in [0.2, 0.25) is 18.1 Å². The Kier molecular flexibility index (Phi) is 3.38. The molecule has 0 spiro atoms. The van der Waals surface area contributed by atoms with Gasteiger partial charge in [-0.1, -0.05) is 39.9 Å². The second-order valence-corrected chi connectivity index (χ2v) is 13.0. The van der Waals surface area contributed by atoms with Crippen LogP contribution in [0, 0.1) is 0 Å². The summed E-state index contributed by atoms with van der Waals surface area (Å²) in [5, 5.41) is 0.559. The van der Waals surface area contributed by atoms with E-state index in [-0.39, 0.29) is 9.93 Å². The van der Waals surface area contributed by atoms with E-state index >= 15 is 0 Å². The highest BCUT2D eigenvalue weighted by molar-refractivity contribution is 7.86. The molecule has 0 N–H and O–H groups in total. The zero-order chi connectivity index (χ0) is 15.3. The van der Waals surface area contributed by atoms with Crippen LogP contribution in [0.25, 0.3) is 10.9 Å². The highest BCUT2D eigenvalue weighted by Crippen LogP contribution is 2.39. The van der Waals surface area contributed by atoms with Crippen molar-refractivity contribution in [2.75, 3.05) is 0 Å². The number of nitrogens with zero attached hydrogens (tertiary/aromatic N) is 1. The van der Waals surface area contributed by atoms with E-state index in [4.69, 9.17) is 0 Å². The first-order valence-corrected chi connectivity index (χ1v) is 10.8. The fourth-order valence-electron chi connectivity index (χ4n) is 2.20. The highest BCUT2D eigenvalue weighted by Gasteiger charge is 2.38. The smallest absolute Gasteiger partial charge is 0.332 e. The van der Waals surface area contributed by atoms with Crippen molar-refractivity contribution in [3.63, 3.8) is 0 Å². The van der Waals surface area contributed by atoms with Crippen molar-refractivity contribution in [3.05, 3.63) is 30.5 Å². The predicted octanol–water partition coefficient (Wildman–Crippen LogP) is 4.15. The van der Waals surface area contributed by atoms with Crippen LogP contribution < -0.4 is 0 Å². The molecular formula is C14H20FNO2SSi. The molecule has 0 aliphatic heterocycles. The number of halogens is 1. The maximum atomic E-state index is 13.4. The summed E-state index contributed by atoms with van der Waals surface area (Å²) in [6, 6.07) is 6.46. The number of hydrogen-bond acceptors (Lipinski definition) is 2. The van der Waals surface area contributed by atoms with E-state index in [1.165, 1.54) is 6.07 Å². The van der Waals surface area contributed by atoms with Crippen LogP contribution in [-0.2, 0) is 10.2 Å². The minimum atomic E-state index is -4.69. The number of fused-ring (bicyclic) bond motifs is 1. The molecule has 1 aromatic heterocycles. The summed E-state index contributed by atoms with van der Waals surface area (Å²) in [6.45, 7) is 11.0. The molecule has 0 atom stereocenters. The first kappa shape index (κ1) is 15.2. The lowest BCUT2D eigenvalue weighted by molar-refractivity contribution is 0.553. The number of rotatable bonds is 2. The van der Waals surface area contributed by atoms with Gasteiger partial charge >= 0.3 is 10.2 Å². The molecule has 2 aromatic rings. The molecule has 3 nitrogen and oxygen atoms in total. The van der Waals surface area contributed by atoms with Gasteiger partial charge in [-0.25, -0.2) is 0 Å². The van der Waals surface area contributed by atoms with Gasteiger partial charge in [0.2, 0.25) is 0 Å². The fourth-order valence-corrected chi connectivity index (χ4v) is 4.84. The van der Waals surface area contributed by atoms with Crippen molar-refractivity contribution in [3.8, 4) is 0 Å². The molecule has 0 saturated carbocycles. The maximum absolute atomic E-state index is 13.4. The third kappa shape index (κ3) is 2.31. The normalized spacial score (nSPS) is 13.9. The lowest BCUT2D eigenvalue weighted by Crippen LogP contribution is -2.44. The van der Waals surface area contributed by atoms with Crippen LogP contribution >= 0.6 is 0 Å². The van der Waals surface area contributed by atoms with Gasteiger partial charge < -0.3 is 4.23 Å². The zero-order valence-electron chi connectivity index (χ0n) is 12.4. The summed E-state index contributed by atoms with van der Waals surface area (Å²) in [5.41, 5.74) is 0.787. The summed E-state index contributed by atoms with van der Waals surface area (Å²) in [7, 11) is -6.57. The molecule has 1 heterocycles. The first-order valence-electron chi connectivity index (χ1n) is 6.51. The second kappa shape index (κ2) is 4.43. The third-order valence-corrected chi connectivity index (χ3v) is 10.5. The quantitative estimate of drug-likeness (QED) is 0.617. The van der Waals surface area contributed by atoms with Gasteiger partial charge in [0.05, 0.1) is 0 Å². The summed E-state index contributed by atoms with van der Waals surface area (Å²) in [4.78, 5) is -0.243. The largest absolute Gasteiger partial charge is 0.374 e. The van der Waals surface area contributed by atoms with Crippen LogP contribution in [0.5, 0.6) is 0 Å². The molecule has 0 amide bonds. The molecule has 0 bridgehead atoms. The van der Waals surface area contributed by atoms with Crippen LogP contribution in [0.4, 0.5) is 3.89 Å². The van der Waals surface area contributed by atoms with Crippen LogP contribution in [0.1, 0.15) is 20.8 Å². The van der Waals surface area contributed by atoms with Gasteiger partial charge in [0.25, 0.3) is 0 Å². The maximum Gasteiger partial charge on any atom is 0.332 e. The molecule has 0 saturated heterocycles. The Morgan fingerprint density at radius 2 is 1.75 bits per heavy atom. The number of aromatic nitrogens is 1. The summed E-state index contributed by atoms with van der Waals surface area (Å²) in [5.74, 6) is 0. The zero-order valence-corrected chi connectivity index (χ0v) is 14.3. The predicted molar refractivity (Wildman–Crippen MR) is 82.8 cm³/mol. The molecule has 0 radical (unpaired) electrons. The summed E-state index contributed by atoms with van der Waals surface area (Å²) in [6.07, 6.45) is 1.89. The van der Waals surface area contributed by atoms with Gasteiger partial charge in [0.15, 0.2) is 8.24 Å². The lowest BCUT2D eigenvalue weighted by Gasteiger charge is -2.38. The van der Waals surface area contributed by atoms with Gasteiger partial charge in [-0.2, -0.15) is 8.42 Å². The molecule has 0 aliphatic carbocycles. The molecule has 0 fully saturated rings. The molecule has 20 heavy (non-hydrogen) atoms. The van der Waals surface area contributed by atoms with E-state index in [1.807, 2.05) is 12.3 Å². The van der Waals surface area contributed by atoms with E-state index in [1.54, 1.807) is 12.1 Å². The molecule has 2 rings (SSSR count). The minimum Gasteiger partial charge on any atom is -0.374 e. The van der Waals surface area contributed by atoms with Crippen LogP contribution in [0.3, 0.4) is 0 Å². The van der Waals surface area contributed by atoms with Crippen molar-refractivity contribution in [1.82, 2.24) is 4.23 Å². The number of hydrogen-bond donors (Lipinski definition) is 0. The molecule has 6 heteroatoms. The van der Waals surface area contributed by atoms with Gasteiger partial charge in [0, 0.05) is 10.9 Å². The molecule has 0 unspecified atom stereocenters. The van der Waals surface area contributed by atoms with Crippen LogP contribution in [-0.4, -0.2) is 20.9 Å². The van der Waals surface area contributed by atoms with E-state index in [2.05, 4.69) is 38.1 Å². The summed E-state index contributed by atoms with van der Waals surface area (Å²) >= 11 is 0. The Morgan fingerprint density at radius 1 is 1.15 bits per heavy atom. The summed E-state index contributed by atoms with van der Waals surface area (Å²) < 4.78 is 38.0. The van der Waals surface area contributed by atoms with E-state index in [0.29, 0.717) is 5.39 Å². The van der Waals surface area contributed by atoms with Crippen molar-refractivity contribution in [2.24, 2.45) is 0 Å². The minimum absolute atomic E-state index is 0.101. The van der Waals surface area contributed by atoms with Gasteiger partial charge in [0.1, 0.15) is 4.90 Å². The topological polar surface area (TPSA) is 39.1 Å². The van der Waals surface area contributed by atoms with Crippen molar-refractivity contribution in [2.45, 2.75) is 43.8 Å². The molecule has 0 aliphatic rings. The third-order valence-electron chi connectivity index (χ3n) is 4.39. The monoisotopic (exact) mass is 313 g/mol. The van der Waals surface area contributed by atoms with Crippen molar-refractivity contribution in [1.29, 1.82) is 0 Å². The van der Waals surface area contributed by atoms with E-state index in [9.17, 15) is 12.3 Å². The Hall–Kier alpha value is -1.14. The van der Waals surface area contributed by atoms with Crippen LogP contribution in [0.15, 0.2) is 35.4 Å². The van der Waals surface area contributed by atoms with Gasteiger partial charge in [-0.3, -0.25) is 0 Å². The lowest BCUT2D eigenvalue weighted by atomic mass is 10.2. The van der Waals surface area contributed by atoms with E-state index < -0.39 is 18.5 Å². The van der Waals surface area contributed by atoms with Crippen molar-refractivity contribution >= 4 is 29.4 Å². The fraction of sp³-hybridized carbons (Fsp3) is 0.429. The average molecular weight is 313 g/mol. The van der Waals surface area contributed by atoms with Gasteiger partial charge in [-0.05, 0) is 29.4 Å². The Labute approximate surface area is 120 Å². The second-order valence-electron chi connectivity index (χ2n) is 6.62. The van der Waals surface area contributed by atoms with Crippen molar-refractivity contribution < 1.29 is 12.3 Å². The first-order chi connectivity index (χ1) is 8.96.